The van der Waals surface area contributed by atoms with Gasteiger partial charge in [0.2, 0.25) is 5.91 Å². The number of amides is 1. The molecule has 0 aliphatic heterocycles. The fourth-order valence-electron chi connectivity index (χ4n) is 1.82. The molecule has 5 nitrogen and oxygen atoms in total. The van der Waals surface area contributed by atoms with E-state index in [-0.39, 0.29) is 11.7 Å². The second-order valence-corrected chi connectivity index (χ2v) is 7.25. The fourth-order valence-corrected chi connectivity index (χ4v) is 3.57. The molecule has 0 aromatic carbocycles. The maximum absolute atomic E-state index is 12.2. The summed E-state index contributed by atoms with van der Waals surface area (Å²) in [5.74, 6) is -0.432. The van der Waals surface area contributed by atoms with E-state index in [9.17, 15) is 9.59 Å². The van der Waals surface area contributed by atoms with E-state index in [0.29, 0.717) is 27.2 Å². The number of hydrogen-bond acceptors (Lipinski definition) is 6. The summed E-state index contributed by atoms with van der Waals surface area (Å²) in [6.45, 7) is 4.04. The Hall–Kier alpha value is -1.57. The summed E-state index contributed by atoms with van der Waals surface area (Å²) in [5.41, 5.74) is 0.404. The number of nitrogens with one attached hydrogen (secondary N) is 1. The van der Waals surface area contributed by atoms with E-state index in [4.69, 9.17) is 16.3 Å². The number of nitrogens with zero attached hydrogens (tertiary/aromatic N) is 1. The SMILES string of the molecule is CCOC(=O)c1cc(CC)sc1NC(=O)CSc1ccc(Cl)cn1. The van der Waals surface area contributed by atoms with E-state index in [1.165, 1.54) is 29.3 Å². The van der Waals surface area contributed by atoms with Crippen LogP contribution in [0.2, 0.25) is 5.02 Å². The number of halogens is 1. The zero-order chi connectivity index (χ0) is 17.5. The highest BCUT2D eigenvalue weighted by atomic mass is 35.5. The number of hydrogen-bond donors (Lipinski definition) is 1. The van der Waals surface area contributed by atoms with Crippen LogP contribution in [0.3, 0.4) is 0 Å². The van der Waals surface area contributed by atoms with Gasteiger partial charge in [-0.05, 0) is 31.5 Å². The topological polar surface area (TPSA) is 68.3 Å². The number of thiophene rings is 1. The molecule has 0 radical (unpaired) electrons. The van der Waals surface area contributed by atoms with Crippen LogP contribution >= 0.6 is 34.7 Å². The lowest BCUT2D eigenvalue weighted by atomic mass is 10.2. The number of rotatable bonds is 7. The van der Waals surface area contributed by atoms with Gasteiger partial charge in [-0.3, -0.25) is 4.79 Å². The first-order valence-electron chi connectivity index (χ1n) is 7.37. The molecule has 0 fully saturated rings. The highest BCUT2D eigenvalue weighted by Crippen LogP contribution is 2.29. The monoisotopic (exact) mass is 384 g/mol. The smallest absolute Gasteiger partial charge is 0.341 e. The molecule has 0 saturated carbocycles. The number of aromatic nitrogens is 1. The number of esters is 1. The molecule has 2 heterocycles. The van der Waals surface area contributed by atoms with Crippen molar-refractivity contribution in [3.63, 3.8) is 0 Å². The Kier molecular flexibility index (Phi) is 7.08. The van der Waals surface area contributed by atoms with E-state index >= 15 is 0 Å². The normalized spacial score (nSPS) is 10.5. The quantitative estimate of drug-likeness (QED) is 0.570. The average molecular weight is 385 g/mol. The summed E-state index contributed by atoms with van der Waals surface area (Å²) >= 11 is 8.47. The third-order valence-electron chi connectivity index (χ3n) is 2.93. The van der Waals surface area contributed by atoms with Crippen LogP contribution in [0.25, 0.3) is 0 Å². The van der Waals surface area contributed by atoms with Crippen molar-refractivity contribution in [3.8, 4) is 0 Å². The van der Waals surface area contributed by atoms with E-state index in [1.807, 2.05) is 6.92 Å². The van der Waals surface area contributed by atoms with Crippen LogP contribution in [0, 0.1) is 0 Å². The van der Waals surface area contributed by atoms with Crippen LogP contribution in [-0.2, 0) is 16.0 Å². The lowest BCUT2D eigenvalue weighted by Crippen LogP contribution is -2.16. The van der Waals surface area contributed by atoms with Gasteiger partial charge in [0.05, 0.1) is 28.0 Å². The van der Waals surface area contributed by atoms with E-state index in [2.05, 4.69) is 10.3 Å². The van der Waals surface area contributed by atoms with Gasteiger partial charge in [0.15, 0.2) is 0 Å². The van der Waals surface area contributed by atoms with Crippen LogP contribution in [0.15, 0.2) is 29.4 Å². The summed E-state index contributed by atoms with van der Waals surface area (Å²) in [6.07, 6.45) is 2.32. The largest absolute Gasteiger partial charge is 0.462 e. The summed E-state index contributed by atoms with van der Waals surface area (Å²) in [7, 11) is 0. The molecule has 0 bridgehead atoms. The molecular weight excluding hydrogens is 368 g/mol. The molecule has 1 amide bonds. The predicted molar refractivity (Wildman–Crippen MR) is 98.3 cm³/mol. The number of thioether (sulfide) groups is 1. The Morgan fingerprint density at radius 3 is 2.79 bits per heavy atom. The number of pyridine rings is 1. The Bertz CT molecular complexity index is 717. The molecule has 2 aromatic heterocycles. The van der Waals surface area contributed by atoms with Crippen molar-refractivity contribution in [2.24, 2.45) is 0 Å². The first kappa shape index (κ1) is 18.8. The van der Waals surface area contributed by atoms with Crippen molar-refractivity contribution >= 4 is 51.6 Å². The zero-order valence-electron chi connectivity index (χ0n) is 13.3. The van der Waals surface area contributed by atoms with Crippen molar-refractivity contribution in [1.82, 2.24) is 4.98 Å². The highest BCUT2D eigenvalue weighted by Gasteiger charge is 2.18. The molecule has 0 saturated heterocycles. The van der Waals surface area contributed by atoms with E-state index < -0.39 is 5.97 Å². The molecule has 8 heteroatoms. The molecule has 0 atom stereocenters. The number of aryl methyl sites for hydroxylation is 1. The molecule has 0 aliphatic rings. The Labute approximate surface area is 153 Å². The Morgan fingerprint density at radius 2 is 2.17 bits per heavy atom. The van der Waals surface area contributed by atoms with E-state index in [0.717, 1.165) is 11.3 Å². The predicted octanol–water partition coefficient (Wildman–Crippen LogP) is 4.27. The molecule has 128 valence electrons. The average Bonchev–Trinajstić information content (AvgIpc) is 2.97. The second-order valence-electron chi connectivity index (χ2n) is 4.68. The van der Waals surface area contributed by atoms with Crippen LogP contribution < -0.4 is 5.32 Å². The van der Waals surface area contributed by atoms with Gasteiger partial charge < -0.3 is 10.1 Å². The minimum absolute atomic E-state index is 0.191. The summed E-state index contributed by atoms with van der Waals surface area (Å²) in [6, 6.07) is 5.25. The zero-order valence-corrected chi connectivity index (χ0v) is 15.7. The van der Waals surface area contributed by atoms with Crippen LogP contribution in [0.5, 0.6) is 0 Å². The minimum Gasteiger partial charge on any atom is -0.462 e. The number of anilines is 1. The second kappa shape index (κ2) is 9.05. The third kappa shape index (κ3) is 5.22. The van der Waals surface area contributed by atoms with Crippen LogP contribution in [0.4, 0.5) is 5.00 Å². The lowest BCUT2D eigenvalue weighted by molar-refractivity contribution is -0.113. The van der Waals surface area contributed by atoms with Crippen molar-refractivity contribution < 1.29 is 14.3 Å². The third-order valence-corrected chi connectivity index (χ3v) is 5.29. The van der Waals surface area contributed by atoms with Gasteiger partial charge in [-0.15, -0.1) is 11.3 Å². The van der Waals surface area contributed by atoms with Crippen molar-refractivity contribution in [2.75, 3.05) is 17.7 Å². The highest BCUT2D eigenvalue weighted by molar-refractivity contribution is 7.99. The van der Waals surface area contributed by atoms with Crippen LogP contribution in [0.1, 0.15) is 29.1 Å². The van der Waals surface area contributed by atoms with Gasteiger partial charge in [0.1, 0.15) is 5.00 Å². The molecular formula is C16H17ClN2O3S2. The molecule has 2 rings (SSSR count). The molecule has 0 unspecified atom stereocenters. The fraction of sp³-hybridized carbons (Fsp3) is 0.312. The van der Waals surface area contributed by atoms with Crippen molar-refractivity contribution in [1.29, 1.82) is 0 Å². The molecule has 24 heavy (non-hydrogen) atoms. The summed E-state index contributed by atoms with van der Waals surface area (Å²) < 4.78 is 5.04. The number of carbonyl (C=O) groups excluding carboxylic acids is 2. The maximum Gasteiger partial charge on any atom is 0.341 e. The molecule has 0 spiro atoms. The van der Waals surface area contributed by atoms with Gasteiger partial charge in [-0.2, -0.15) is 0 Å². The lowest BCUT2D eigenvalue weighted by Gasteiger charge is -2.06. The standard InChI is InChI=1S/C16H17ClN2O3S2/c1-3-11-7-12(16(21)22-4-2)15(24-11)19-13(20)9-23-14-6-5-10(17)8-18-14/h5-8H,3-4,9H2,1-2H3,(H,19,20). The van der Waals surface area contributed by atoms with Gasteiger partial charge in [-0.1, -0.05) is 30.3 Å². The van der Waals surface area contributed by atoms with Crippen molar-refractivity contribution in [3.05, 3.63) is 39.9 Å². The Balaban J connectivity index is 2.01. The van der Waals surface area contributed by atoms with Gasteiger partial charge in [-0.25, -0.2) is 9.78 Å². The van der Waals surface area contributed by atoms with Gasteiger partial charge in [0, 0.05) is 11.1 Å². The molecule has 0 aliphatic carbocycles. The van der Waals surface area contributed by atoms with Gasteiger partial charge >= 0.3 is 5.97 Å². The number of carbonyl (C=O) groups is 2. The van der Waals surface area contributed by atoms with E-state index in [1.54, 1.807) is 25.1 Å². The first-order valence-corrected chi connectivity index (χ1v) is 9.55. The van der Waals surface area contributed by atoms with Crippen LogP contribution in [-0.4, -0.2) is 29.2 Å². The summed E-state index contributed by atoms with van der Waals surface area (Å²) in [5, 5.41) is 4.58. The van der Waals surface area contributed by atoms with Gasteiger partial charge in [0.25, 0.3) is 0 Å². The van der Waals surface area contributed by atoms with Crippen molar-refractivity contribution in [2.45, 2.75) is 25.3 Å². The minimum atomic E-state index is -0.421. The first-order chi connectivity index (χ1) is 11.5. The maximum atomic E-state index is 12.2. The molecule has 1 N–H and O–H groups in total. The molecule has 2 aromatic rings. The Morgan fingerprint density at radius 1 is 1.38 bits per heavy atom. The summed E-state index contributed by atoms with van der Waals surface area (Å²) in [4.78, 5) is 29.3. The number of ether oxygens (including phenoxy) is 1.